The van der Waals surface area contributed by atoms with Crippen LogP contribution in [0.3, 0.4) is 0 Å². The average molecular weight is 399 g/mol. The molecule has 3 aliphatic rings. The summed E-state index contributed by atoms with van der Waals surface area (Å²) in [7, 11) is 0. The van der Waals surface area contributed by atoms with Crippen LogP contribution in [0.2, 0.25) is 0 Å². The Balaban J connectivity index is 1.17. The molecule has 0 spiro atoms. The lowest BCUT2D eigenvalue weighted by Crippen LogP contribution is -2.29. The molecular weight excluding hydrogens is 355 g/mol. The van der Waals surface area contributed by atoms with Crippen LogP contribution >= 0.6 is 0 Å². The predicted octanol–water partition coefficient (Wildman–Crippen LogP) is 8.63. The van der Waals surface area contributed by atoms with Crippen LogP contribution in [0.5, 0.6) is 0 Å². The van der Waals surface area contributed by atoms with Gasteiger partial charge >= 0.3 is 0 Å². The van der Waals surface area contributed by atoms with E-state index in [9.17, 15) is 4.39 Å². The number of hydrogen-bond donors (Lipinski definition) is 0. The fourth-order valence-electron chi connectivity index (χ4n) is 7.16. The van der Waals surface area contributed by atoms with Crippen molar-refractivity contribution in [1.29, 1.82) is 0 Å². The van der Waals surface area contributed by atoms with Crippen LogP contribution in [0.15, 0.2) is 24.3 Å². The van der Waals surface area contributed by atoms with Crippen molar-refractivity contribution in [3.8, 4) is 0 Å². The quantitative estimate of drug-likeness (QED) is 0.450. The molecule has 0 nitrogen and oxygen atoms in total. The molecular formula is C28H43F. The van der Waals surface area contributed by atoms with Crippen molar-refractivity contribution in [2.24, 2.45) is 29.6 Å². The highest BCUT2D eigenvalue weighted by Gasteiger charge is 2.34. The first kappa shape index (κ1) is 21.4. The van der Waals surface area contributed by atoms with Crippen molar-refractivity contribution in [3.05, 3.63) is 35.4 Å². The lowest BCUT2D eigenvalue weighted by molar-refractivity contribution is 0.108. The second-order valence-electron chi connectivity index (χ2n) is 10.8. The van der Waals surface area contributed by atoms with Gasteiger partial charge < -0.3 is 0 Å². The smallest absolute Gasteiger partial charge is 0.0894 e. The molecule has 0 aliphatic heterocycles. The van der Waals surface area contributed by atoms with E-state index in [-0.39, 0.29) is 6.67 Å². The summed E-state index contributed by atoms with van der Waals surface area (Å²) in [5, 5.41) is 0. The van der Waals surface area contributed by atoms with E-state index in [0.29, 0.717) is 0 Å². The summed E-state index contributed by atoms with van der Waals surface area (Å²) >= 11 is 0. The van der Waals surface area contributed by atoms with Gasteiger partial charge in [0.05, 0.1) is 6.67 Å². The van der Waals surface area contributed by atoms with Crippen LogP contribution < -0.4 is 0 Å². The Bertz CT molecular complexity index is 581. The molecule has 0 bridgehead atoms. The summed E-state index contributed by atoms with van der Waals surface area (Å²) in [5.41, 5.74) is 2.97. The molecule has 1 heteroatoms. The predicted molar refractivity (Wildman–Crippen MR) is 122 cm³/mol. The standard InChI is InChI=1S/C28H43F/c1-21-4-8-23(9-5-21)25-12-16-27(17-13-25)28-18-14-26(15-19-28)24-10-6-22(7-11-24)3-2-20-29/h4-5,8-9,22,24-28H,2-3,6-7,10-20H2,1H3/t22-,24-,25?,26?,27?,28?. The monoisotopic (exact) mass is 398 g/mol. The molecule has 162 valence electrons. The molecule has 1 aromatic carbocycles. The molecule has 1 aromatic rings. The van der Waals surface area contributed by atoms with Crippen LogP contribution in [0.4, 0.5) is 4.39 Å². The summed E-state index contributed by atoms with van der Waals surface area (Å²) in [6, 6.07) is 9.32. The topological polar surface area (TPSA) is 0 Å². The Morgan fingerprint density at radius 2 is 1.10 bits per heavy atom. The Hall–Kier alpha value is -0.850. The van der Waals surface area contributed by atoms with E-state index < -0.39 is 0 Å². The highest BCUT2D eigenvalue weighted by Crippen LogP contribution is 2.47. The van der Waals surface area contributed by atoms with E-state index in [1.165, 1.54) is 82.6 Å². The molecule has 0 aromatic heterocycles. The van der Waals surface area contributed by atoms with Gasteiger partial charge in [-0.15, -0.1) is 0 Å². The average Bonchev–Trinajstić information content (AvgIpc) is 2.79. The summed E-state index contributed by atoms with van der Waals surface area (Å²) in [6.07, 6.45) is 19.4. The Labute approximate surface area is 179 Å². The lowest BCUT2D eigenvalue weighted by atomic mass is 9.64. The molecule has 0 heterocycles. The molecule has 4 rings (SSSR count). The Morgan fingerprint density at radius 3 is 1.59 bits per heavy atom. The van der Waals surface area contributed by atoms with Crippen molar-refractivity contribution in [1.82, 2.24) is 0 Å². The van der Waals surface area contributed by atoms with Gasteiger partial charge in [0, 0.05) is 0 Å². The van der Waals surface area contributed by atoms with Gasteiger partial charge in [-0.25, -0.2) is 0 Å². The van der Waals surface area contributed by atoms with Crippen LogP contribution in [0, 0.1) is 36.5 Å². The molecule has 0 unspecified atom stereocenters. The fourth-order valence-corrected chi connectivity index (χ4v) is 7.16. The van der Waals surface area contributed by atoms with E-state index in [1.54, 1.807) is 5.56 Å². The van der Waals surface area contributed by atoms with Gasteiger partial charge in [0.1, 0.15) is 0 Å². The molecule has 0 N–H and O–H groups in total. The minimum Gasteiger partial charge on any atom is -0.251 e. The van der Waals surface area contributed by atoms with Gasteiger partial charge in [-0.2, -0.15) is 0 Å². The number of hydrogen-bond acceptors (Lipinski definition) is 0. The van der Waals surface area contributed by atoms with Gasteiger partial charge in [0.15, 0.2) is 0 Å². The maximum Gasteiger partial charge on any atom is 0.0894 e. The summed E-state index contributed by atoms with van der Waals surface area (Å²) in [5.74, 6) is 5.69. The van der Waals surface area contributed by atoms with Gasteiger partial charge in [-0.1, -0.05) is 42.7 Å². The molecule has 0 amide bonds. The lowest BCUT2D eigenvalue weighted by Gasteiger charge is -2.41. The Kier molecular flexibility index (Phi) is 7.71. The van der Waals surface area contributed by atoms with Gasteiger partial charge in [0.2, 0.25) is 0 Å². The number of rotatable bonds is 6. The molecule has 29 heavy (non-hydrogen) atoms. The van der Waals surface area contributed by atoms with Crippen LogP contribution in [0.25, 0.3) is 0 Å². The van der Waals surface area contributed by atoms with Crippen LogP contribution in [-0.4, -0.2) is 6.67 Å². The first-order chi connectivity index (χ1) is 14.2. The van der Waals surface area contributed by atoms with E-state index in [2.05, 4.69) is 31.2 Å². The molecule has 0 saturated heterocycles. The third-order valence-corrected chi connectivity index (χ3v) is 9.11. The molecule has 3 aliphatic carbocycles. The Morgan fingerprint density at radius 1 is 0.655 bits per heavy atom. The SMILES string of the molecule is Cc1ccc(C2CCC(C3CCC([C@H]4CC[C@H](CCCF)CC4)CC3)CC2)cc1. The highest BCUT2D eigenvalue weighted by molar-refractivity contribution is 5.24. The normalized spacial score (nSPS) is 36.1. The number of halogens is 1. The number of benzene rings is 1. The van der Waals surface area contributed by atoms with Crippen molar-refractivity contribution in [2.45, 2.75) is 103 Å². The summed E-state index contributed by atoms with van der Waals surface area (Å²) in [4.78, 5) is 0. The zero-order chi connectivity index (χ0) is 20.1. The maximum absolute atomic E-state index is 12.4. The van der Waals surface area contributed by atoms with Crippen molar-refractivity contribution in [3.63, 3.8) is 0 Å². The molecule has 0 radical (unpaired) electrons. The fraction of sp³-hybridized carbons (Fsp3) is 0.786. The molecule has 0 atom stereocenters. The zero-order valence-corrected chi connectivity index (χ0v) is 18.8. The zero-order valence-electron chi connectivity index (χ0n) is 18.8. The number of aryl methyl sites for hydroxylation is 1. The highest BCUT2D eigenvalue weighted by atomic mass is 19.1. The third-order valence-electron chi connectivity index (χ3n) is 9.11. The van der Waals surface area contributed by atoms with Gasteiger partial charge in [-0.05, 0) is 125 Å². The third kappa shape index (κ3) is 5.65. The second-order valence-corrected chi connectivity index (χ2v) is 10.8. The second kappa shape index (κ2) is 10.5. The van der Waals surface area contributed by atoms with Gasteiger partial charge in [0.25, 0.3) is 0 Å². The molecule has 3 fully saturated rings. The van der Waals surface area contributed by atoms with Crippen LogP contribution in [-0.2, 0) is 0 Å². The van der Waals surface area contributed by atoms with E-state index in [1.807, 2.05) is 0 Å². The van der Waals surface area contributed by atoms with Crippen molar-refractivity contribution >= 4 is 0 Å². The minimum absolute atomic E-state index is 0.114. The van der Waals surface area contributed by atoms with Crippen molar-refractivity contribution < 1.29 is 4.39 Å². The summed E-state index contributed by atoms with van der Waals surface area (Å²) < 4.78 is 12.4. The van der Waals surface area contributed by atoms with Crippen LogP contribution in [0.1, 0.15) is 107 Å². The maximum atomic E-state index is 12.4. The largest absolute Gasteiger partial charge is 0.251 e. The van der Waals surface area contributed by atoms with Crippen molar-refractivity contribution in [2.75, 3.05) is 6.67 Å². The minimum atomic E-state index is -0.114. The number of alkyl halides is 1. The molecule has 3 saturated carbocycles. The van der Waals surface area contributed by atoms with E-state index >= 15 is 0 Å². The summed E-state index contributed by atoms with van der Waals surface area (Å²) in [6.45, 7) is 2.08. The van der Waals surface area contributed by atoms with E-state index in [4.69, 9.17) is 0 Å². The first-order valence-electron chi connectivity index (χ1n) is 12.9. The van der Waals surface area contributed by atoms with Gasteiger partial charge in [-0.3, -0.25) is 4.39 Å². The van der Waals surface area contributed by atoms with E-state index in [0.717, 1.165) is 48.3 Å². The first-order valence-corrected chi connectivity index (χ1v) is 12.9.